The molecule has 5 rings (SSSR count). The van der Waals surface area contributed by atoms with Gasteiger partial charge < -0.3 is 9.88 Å². The molecule has 0 saturated heterocycles. The quantitative estimate of drug-likeness (QED) is 0.211. The Morgan fingerprint density at radius 2 is 1.81 bits per heavy atom. The van der Waals surface area contributed by atoms with Crippen LogP contribution in [-0.4, -0.2) is 27.0 Å². The molecule has 2 heterocycles. The lowest BCUT2D eigenvalue weighted by Gasteiger charge is -2.13. The largest absolute Gasteiger partial charge is 0.351 e. The molecule has 1 atom stereocenters. The van der Waals surface area contributed by atoms with Gasteiger partial charge in [0, 0.05) is 29.1 Å². The zero-order valence-electron chi connectivity index (χ0n) is 20.5. The number of hydrogen-bond donors (Lipinski definition) is 1. The highest BCUT2D eigenvalue weighted by Crippen LogP contribution is 2.28. The van der Waals surface area contributed by atoms with Gasteiger partial charge in [-0.2, -0.15) is 0 Å². The van der Waals surface area contributed by atoms with Crippen LogP contribution in [0.15, 0.2) is 102 Å². The molecule has 7 heteroatoms. The van der Waals surface area contributed by atoms with Crippen LogP contribution in [0.25, 0.3) is 11.0 Å². The van der Waals surface area contributed by atoms with Crippen molar-refractivity contribution in [3.8, 4) is 0 Å². The van der Waals surface area contributed by atoms with Gasteiger partial charge in [0.15, 0.2) is 5.16 Å². The van der Waals surface area contributed by atoms with Crippen molar-refractivity contribution < 1.29 is 4.79 Å². The molecule has 186 valence electrons. The molecule has 0 unspecified atom stereocenters. The third-order valence-corrected chi connectivity index (χ3v) is 7.55. The van der Waals surface area contributed by atoms with E-state index >= 15 is 0 Å². The van der Waals surface area contributed by atoms with Crippen LogP contribution in [0.3, 0.4) is 0 Å². The minimum absolute atomic E-state index is 0.0654. The van der Waals surface area contributed by atoms with Gasteiger partial charge in [-0.1, -0.05) is 84.9 Å². The first-order valence-electron chi connectivity index (χ1n) is 12.2. The molecule has 1 amide bonds. The van der Waals surface area contributed by atoms with Gasteiger partial charge in [-0.25, -0.2) is 4.98 Å². The number of amides is 1. The normalized spacial score (nSPS) is 11.9. The van der Waals surface area contributed by atoms with Crippen LogP contribution in [0.5, 0.6) is 0 Å². The van der Waals surface area contributed by atoms with Crippen molar-refractivity contribution in [2.24, 2.45) is 0 Å². The van der Waals surface area contributed by atoms with Crippen LogP contribution in [0.2, 0.25) is 5.02 Å². The molecule has 0 radical (unpaired) electrons. The van der Waals surface area contributed by atoms with Gasteiger partial charge in [0.25, 0.3) is 5.91 Å². The van der Waals surface area contributed by atoms with Gasteiger partial charge >= 0.3 is 0 Å². The summed E-state index contributed by atoms with van der Waals surface area (Å²) in [6.07, 6.45) is 3.61. The van der Waals surface area contributed by atoms with Crippen molar-refractivity contribution in [1.82, 2.24) is 19.9 Å². The van der Waals surface area contributed by atoms with Crippen molar-refractivity contribution in [3.05, 3.63) is 125 Å². The number of pyridine rings is 1. The Bertz CT molecular complexity index is 1500. The van der Waals surface area contributed by atoms with Crippen LogP contribution < -0.4 is 5.32 Å². The molecule has 0 spiro atoms. The number of carbonyl (C=O) groups excluding carboxylic acids is 1. The number of fused-ring (bicyclic) bond motifs is 1. The zero-order chi connectivity index (χ0) is 25.6. The Morgan fingerprint density at radius 1 is 1.00 bits per heavy atom. The monoisotopic (exact) mass is 526 g/mol. The smallest absolute Gasteiger partial charge is 0.251 e. The van der Waals surface area contributed by atoms with Gasteiger partial charge in [0.05, 0.1) is 23.8 Å². The van der Waals surface area contributed by atoms with Crippen molar-refractivity contribution >= 4 is 40.3 Å². The van der Waals surface area contributed by atoms with E-state index in [2.05, 4.69) is 40.0 Å². The second-order valence-corrected chi connectivity index (χ2v) is 10.4. The van der Waals surface area contributed by atoms with E-state index in [9.17, 15) is 4.79 Å². The average molecular weight is 527 g/mol. The maximum atomic E-state index is 12.7. The number of thioether (sulfide) groups is 1. The van der Waals surface area contributed by atoms with Crippen LogP contribution in [0.4, 0.5) is 0 Å². The summed E-state index contributed by atoms with van der Waals surface area (Å²) >= 11 is 7.83. The van der Waals surface area contributed by atoms with Crippen LogP contribution in [-0.2, 0) is 12.3 Å². The number of aromatic nitrogens is 3. The number of imidazole rings is 1. The topological polar surface area (TPSA) is 59.8 Å². The highest BCUT2D eigenvalue weighted by Gasteiger charge is 2.14. The predicted molar refractivity (Wildman–Crippen MR) is 151 cm³/mol. The molecule has 5 aromatic rings. The fourth-order valence-corrected chi connectivity index (χ4v) is 5.35. The standard InChI is InChI=1S/C30H27ClN4OS/c1-21(24-7-3-2-4-8-24)17-33-29(36)25-12-10-22(11-13-25)19-35-28-18-32-15-14-27(28)34-30(35)37-20-23-6-5-9-26(31)16-23/h2-16,18,21H,17,19-20H2,1H3,(H,33,36)/t21-/m1/s1. The van der Waals surface area contributed by atoms with E-state index < -0.39 is 0 Å². The Balaban J connectivity index is 1.28. The Kier molecular flexibility index (Phi) is 7.87. The molecule has 0 aliphatic heterocycles. The number of hydrogen-bond acceptors (Lipinski definition) is 4. The van der Waals surface area contributed by atoms with E-state index in [4.69, 9.17) is 16.6 Å². The summed E-state index contributed by atoms with van der Waals surface area (Å²) in [5.41, 5.74) is 5.98. The van der Waals surface area contributed by atoms with E-state index in [0.717, 1.165) is 38.1 Å². The molecule has 0 aliphatic carbocycles. The first-order valence-corrected chi connectivity index (χ1v) is 13.5. The van der Waals surface area contributed by atoms with E-state index in [-0.39, 0.29) is 11.8 Å². The number of rotatable bonds is 9. The lowest BCUT2D eigenvalue weighted by Crippen LogP contribution is -2.27. The SMILES string of the molecule is C[C@H](CNC(=O)c1ccc(Cn2c(SCc3cccc(Cl)c3)nc3ccncc32)cc1)c1ccccc1. The Labute approximate surface area is 225 Å². The summed E-state index contributed by atoms with van der Waals surface area (Å²) in [5, 5.41) is 4.70. The van der Waals surface area contributed by atoms with Crippen LogP contribution in [0.1, 0.15) is 39.9 Å². The predicted octanol–water partition coefficient (Wildman–Crippen LogP) is 6.96. The van der Waals surface area contributed by atoms with Gasteiger partial charge in [-0.15, -0.1) is 0 Å². The Hall–Kier alpha value is -3.61. The lowest BCUT2D eigenvalue weighted by molar-refractivity contribution is 0.0951. The number of benzene rings is 3. The van der Waals surface area contributed by atoms with Crippen molar-refractivity contribution in [3.63, 3.8) is 0 Å². The van der Waals surface area contributed by atoms with Crippen molar-refractivity contribution in [2.75, 3.05) is 6.54 Å². The van der Waals surface area contributed by atoms with E-state index in [0.29, 0.717) is 18.7 Å². The lowest BCUT2D eigenvalue weighted by atomic mass is 10.0. The summed E-state index contributed by atoms with van der Waals surface area (Å²) in [6.45, 7) is 3.34. The third-order valence-electron chi connectivity index (χ3n) is 6.27. The van der Waals surface area contributed by atoms with Crippen molar-refractivity contribution in [2.45, 2.75) is 30.3 Å². The maximum absolute atomic E-state index is 12.7. The van der Waals surface area contributed by atoms with Crippen LogP contribution in [0, 0.1) is 0 Å². The summed E-state index contributed by atoms with van der Waals surface area (Å²) < 4.78 is 2.17. The summed E-state index contributed by atoms with van der Waals surface area (Å²) in [5.74, 6) is 0.942. The van der Waals surface area contributed by atoms with Gasteiger partial charge in [-0.05, 0) is 52.9 Å². The molecule has 0 bridgehead atoms. The molecule has 1 N–H and O–H groups in total. The summed E-state index contributed by atoms with van der Waals surface area (Å²) in [7, 11) is 0. The second-order valence-electron chi connectivity index (χ2n) is 8.98. The van der Waals surface area contributed by atoms with Crippen LogP contribution >= 0.6 is 23.4 Å². The van der Waals surface area contributed by atoms with E-state index in [1.807, 2.05) is 72.9 Å². The zero-order valence-corrected chi connectivity index (χ0v) is 22.0. The highest BCUT2D eigenvalue weighted by atomic mass is 35.5. The van der Waals surface area contributed by atoms with E-state index in [1.165, 1.54) is 5.56 Å². The number of carbonyl (C=O) groups is 1. The first kappa shape index (κ1) is 25.1. The molecule has 5 nitrogen and oxygen atoms in total. The van der Waals surface area contributed by atoms with E-state index in [1.54, 1.807) is 18.0 Å². The fourth-order valence-electron chi connectivity index (χ4n) is 4.18. The molecular formula is C30H27ClN4OS. The van der Waals surface area contributed by atoms with Gasteiger partial charge in [0.2, 0.25) is 0 Å². The first-order chi connectivity index (χ1) is 18.1. The number of halogens is 1. The molecule has 37 heavy (non-hydrogen) atoms. The molecular weight excluding hydrogens is 500 g/mol. The summed E-state index contributed by atoms with van der Waals surface area (Å²) in [6, 6.07) is 27.8. The summed E-state index contributed by atoms with van der Waals surface area (Å²) in [4.78, 5) is 21.9. The molecule has 0 fully saturated rings. The van der Waals surface area contributed by atoms with Gasteiger partial charge in [-0.3, -0.25) is 9.78 Å². The van der Waals surface area contributed by atoms with Crippen molar-refractivity contribution in [1.29, 1.82) is 0 Å². The highest BCUT2D eigenvalue weighted by molar-refractivity contribution is 7.98. The molecule has 3 aromatic carbocycles. The molecule has 0 aliphatic rings. The number of nitrogens with one attached hydrogen (secondary N) is 1. The maximum Gasteiger partial charge on any atom is 0.251 e. The van der Waals surface area contributed by atoms with Gasteiger partial charge in [0.1, 0.15) is 0 Å². The number of nitrogens with zero attached hydrogens (tertiary/aromatic N) is 3. The molecule has 2 aromatic heterocycles. The second kappa shape index (κ2) is 11.6. The minimum atomic E-state index is -0.0654. The third kappa shape index (κ3) is 6.21. The average Bonchev–Trinajstić information content (AvgIpc) is 3.28. The molecule has 0 saturated carbocycles. The fraction of sp³-hybridized carbons (Fsp3) is 0.167. The minimum Gasteiger partial charge on any atom is -0.351 e. The Morgan fingerprint density at radius 3 is 2.59 bits per heavy atom.